The number of ether oxygens (including phenoxy) is 2. The molecule has 0 aromatic heterocycles. The van der Waals surface area contributed by atoms with Crippen molar-refractivity contribution in [1.29, 1.82) is 0 Å². The summed E-state index contributed by atoms with van der Waals surface area (Å²) >= 11 is 0. The molecule has 1 aromatic carbocycles. The third kappa shape index (κ3) is 2.78. The van der Waals surface area contributed by atoms with Crippen LogP contribution in [0.5, 0.6) is 5.75 Å². The summed E-state index contributed by atoms with van der Waals surface area (Å²) < 4.78 is 11.0. The van der Waals surface area contributed by atoms with Crippen LogP contribution in [0.3, 0.4) is 0 Å². The molecule has 1 aromatic rings. The van der Waals surface area contributed by atoms with Crippen LogP contribution in [-0.2, 0) is 11.2 Å². The quantitative estimate of drug-likeness (QED) is 0.869. The van der Waals surface area contributed by atoms with Crippen LogP contribution in [-0.4, -0.2) is 44.2 Å². The first kappa shape index (κ1) is 14.8. The van der Waals surface area contributed by atoms with Crippen molar-refractivity contribution in [3.8, 4) is 5.75 Å². The van der Waals surface area contributed by atoms with Crippen LogP contribution in [0.2, 0.25) is 0 Å². The van der Waals surface area contributed by atoms with Crippen LogP contribution < -0.4 is 15.4 Å². The predicted octanol–water partition coefficient (Wildman–Crippen LogP) is 0.888. The maximum Gasteiger partial charge on any atom is 0.254 e. The first-order valence-electron chi connectivity index (χ1n) is 7.52. The number of hydrogen-bond donors (Lipinski definition) is 2. The minimum Gasteiger partial charge on any atom is -0.489 e. The van der Waals surface area contributed by atoms with E-state index < -0.39 is 0 Å². The summed E-state index contributed by atoms with van der Waals surface area (Å²) in [5.74, 6) is 0.166. The van der Waals surface area contributed by atoms with Gasteiger partial charge in [0.25, 0.3) is 11.8 Å². The zero-order valence-corrected chi connectivity index (χ0v) is 12.8. The van der Waals surface area contributed by atoms with Crippen LogP contribution >= 0.6 is 0 Å². The van der Waals surface area contributed by atoms with Gasteiger partial charge in [-0.1, -0.05) is 0 Å². The monoisotopic (exact) mass is 304 g/mol. The standard InChI is InChI=1S/C16H20N2O4/c1-9-5-10-6-11(15(19)18-12-3-4-21-8-12)7-13(14(10)22-9)16(20)17-2/h6-7,9,12H,3-5,8H2,1-2H3,(H,17,20)(H,18,19). The molecule has 1 saturated heterocycles. The van der Waals surface area contributed by atoms with Gasteiger partial charge in [-0.15, -0.1) is 0 Å². The van der Waals surface area contributed by atoms with E-state index in [2.05, 4.69) is 10.6 Å². The highest BCUT2D eigenvalue weighted by molar-refractivity contribution is 6.02. The maximum absolute atomic E-state index is 12.4. The number of carbonyl (C=O) groups excluding carboxylic acids is 2. The van der Waals surface area contributed by atoms with Crippen LogP contribution in [0.25, 0.3) is 0 Å². The summed E-state index contributed by atoms with van der Waals surface area (Å²) in [4.78, 5) is 24.5. The molecule has 0 radical (unpaired) electrons. The molecule has 6 nitrogen and oxygen atoms in total. The predicted molar refractivity (Wildman–Crippen MR) is 80.3 cm³/mol. The molecule has 2 aliphatic rings. The Kier molecular flexibility index (Phi) is 4.02. The average Bonchev–Trinajstić information content (AvgIpc) is 3.13. The van der Waals surface area contributed by atoms with Gasteiger partial charge in [0.1, 0.15) is 11.9 Å². The fraction of sp³-hybridized carbons (Fsp3) is 0.500. The van der Waals surface area contributed by atoms with Gasteiger partial charge in [-0.25, -0.2) is 0 Å². The van der Waals surface area contributed by atoms with Crippen LogP contribution in [0.15, 0.2) is 12.1 Å². The number of nitrogens with one attached hydrogen (secondary N) is 2. The first-order valence-corrected chi connectivity index (χ1v) is 7.52. The number of hydrogen-bond acceptors (Lipinski definition) is 4. The highest BCUT2D eigenvalue weighted by Gasteiger charge is 2.28. The van der Waals surface area contributed by atoms with Gasteiger partial charge in [-0.3, -0.25) is 9.59 Å². The molecular weight excluding hydrogens is 284 g/mol. The minimum absolute atomic E-state index is 0.0138. The Morgan fingerprint density at radius 1 is 1.27 bits per heavy atom. The lowest BCUT2D eigenvalue weighted by Gasteiger charge is -2.13. The Hall–Kier alpha value is -2.08. The van der Waals surface area contributed by atoms with E-state index >= 15 is 0 Å². The highest BCUT2D eigenvalue weighted by Crippen LogP contribution is 2.34. The summed E-state index contributed by atoms with van der Waals surface area (Å²) in [6.07, 6.45) is 1.53. The molecule has 2 unspecified atom stereocenters. The van der Waals surface area contributed by atoms with Crippen molar-refractivity contribution in [1.82, 2.24) is 10.6 Å². The van der Waals surface area contributed by atoms with Gasteiger partial charge in [0, 0.05) is 25.6 Å². The molecule has 0 spiro atoms. The largest absolute Gasteiger partial charge is 0.489 e. The fourth-order valence-electron chi connectivity index (χ4n) is 2.88. The van der Waals surface area contributed by atoms with Crippen LogP contribution in [0, 0.1) is 0 Å². The van der Waals surface area contributed by atoms with Crippen molar-refractivity contribution >= 4 is 11.8 Å². The van der Waals surface area contributed by atoms with E-state index in [-0.39, 0.29) is 24.0 Å². The van der Waals surface area contributed by atoms with Crippen molar-refractivity contribution in [3.63, 3.8) is 0 Å². The highest BCUT2D eigenvalue weighted by atomic mass is 16.5. The molecule has 2 amide bonds. The lowest BCUT2D eigenvalue weighted by molar-refractivity contribution is 0.0930. The van der Waals surface area contributed by atoms with Crippen LogP contribution in [0.1, 0.15) is 39.6 Å². The zero-order valence-electron chi connectivity index (χ0n) is 12.8. The minimum atomic E-state index is -0.246. The van der Waals surface area contributed by atoms with E-state index in [0.29, 0.717) is 36.5 Å². The van der Waals surface area contributed by atoms with E-state index in [1.54, 1.807) is 13.1 Å². The summed E-state index contributed by atoms with van der Waals surface area (Å²) in [5, 5.41) is 5.54. The second-order valence-electron chi connectivity index (χ2n) is 5.76. The summed E-state index contributed by atoms with van der Waals surface area (Å²) in [5.41, 5.74) is 1.81. The third-order valence-corrected chi connectivity index (χ3v) is 3.99. The Balaban J connectivity index is 1.90. The molecule has 118 valence electrons. The molecule has 1 fully saturated rings. The van der Waals surface area contributed by atoms with Gasteiger partial charge in [0.05, 0.1) is 18.2 Å². The summed E-state index contributed by atoms with van der Waals surface area (Å²) in [6, 6.07) is 3.46. The van der Waals surface area contributed by atoms with E-state index in [4.69, 9.17) is 9.47 Å². The van der Waals surface area contributed by atoms with Gasteiger partial charge < -0.3 is 20.1 Å². The Morgan fingerprint density at radius 2 is 2.09 bits per heavy atom. The molecule has 6 heteroatoms. The molecule has 2 atom stereocenters. The Morgan fingerprint density at radius 3 is 2.77 bits per heavy atom. The van der Waals surface area contributed by atoms with Crippen molar-refractivity contribution < 1.29 is 19.1 Å². The van der Waals surface area contributed by atoms with E-state index in [9.17, 15) is 9.59 Å². The van der Waals surface area contributed by atoms with Crippen molar-refractivity contribution in [3.05, 3.63) is 28.8 Å². The normalized spacial score (nSPS) is 22.8. The molecule has 2 N–H and O–H groups in total. The molecule has 2 aliphatic heterocycles. The lowest BCUT2D eigenvalue weighted by atomic mass is 10.0. The fourth-order valence-corrected chi connectivity index (χ4v) is 2.88. The van der Waals surface area contributed by atoms with Crippen LogP contribution in [0.4, 0.5) is 0 Å². The number of carbonyl (C=O) groups is 2. The maximum atomic E-state index is 12.4. The van der Waals surface area contributed by atoms with E-state index in [1.165, 1.54) is 0 Å². The van der Waals surface area contributed by atoms with Gasteiger partial charge in [-0.05, 0) is 31.0 Å². The number of rotatable bonds is 3. The van der Waals surface area contributed by atoms with E-state index in [1.807, 2.05) is 13.0 Å². The molecule has 0 saturated carbocycles. The lowest BCUT2D eigenvalue weighted by Crippen LogP contribution is -2.35. The number of fused-ring (bicyclic) bond motifs is 1. The summed E-state index contributed by atoms with van der Waals surface area (Å²) in [6.45, 7) is 3.16. The van der Waals surface area contributed by atoms with Crippen molar-refractivity contribution in [2.24, 2.45) is 0 Å². The van der Waals surface area contributed by atoms with Gasteiger partial charge in [-0.2, -0.15) is 0 Å². The average molecular weight is 304 g/mol. The zero-order chi connectivity index (χ0) is 15.7. The van der Waals surface area contributed by atoms with Gasteiger partial charge in [0.15, 0.2) is 0 Å². The summed E-state index contributed by atoms with van der Waals surface area (Å²) in [7, 11) is 1.57. The topological polar surface area (TPSA) is 76.7 Å². The molecule has 0 bridgehead atoms. The second kappa shape index (κ2) is 5.96. The molecule has 0 aliphatic carbocycles. The first-order chi connectivity index (χ1) is 10.6. The van der Waals surface area contributed by atoms with Gasteiger partial charge in [0.2, 0.25) is 0 Å². The Bertz CT molecular complexity index is 608. The van der Waals surface area contributed by atoms with Gasteiger partial charge >= 0.3 is 0 Å². The SMILES string of the molecule is CNC(=O)c1cc(C(=O)NC2CCOC2)cc2c1OC(C)C2. The van der Waals surface area contributed by atoms with Crippen molar-refractivity contribution in [2.75, 3.05) is 20.3 Å². The second-order valence-corrected chi connectivity index (χ2v) is 5.76. The molecule has 22 heavy (non-hydrogen) atoms. The molecular formula is C16H20N2O4. The smallest absolute Gasteiger partial charge is 0.254 e. The van der Waals surface area contributed by atoms with Crippen molar-refractivity contribution in [2.45, 2.75) is 31.9 Å². The number of amides is 2. The number of benzene rings is 1. The molecule has 3 rings (SSSR count). The Labute approximate surface area is 129 Å². The van der Waals surface area contributed by atoms with E-state index in [0.717, 1.165) is 12.0 Å². The molecule has 2 heterocycles. The third-order valence-electron chi connectivity index (χ3n) is 3.99.